The van der Waals surface area contributed by atoms with Gasteiger partial charge < -0.3 is 5.32 Å². The van der Waals surface area contributed by atoms with Crippen molar-refractivity contribution >= 4 is 16.9 Å². The Labute approximate surface area is 111 Å². The first-order valence-corrected chi connectivity index (χ1v) is 6.22. The topological polar surface area (TPSA) is 66.5 Å². The number of H-pyrrole nitrogens is 1. The minimum Gasteiger partial charge on any atom is -0.362 e. The lowest BCUT2D eigenvalue weighted by molar-refractivity contribution is 0.871. The molecule has 1 unspecified atom stereocenters. The maximum absolute atomic E-state index is 4.62. The highest BCUT2D eigenvalue weighted by molar-refractivity contribution is 5.76. The van der Waals surface area contributed by atoms with Crippen molar-refractivity contribution in [1.82, 2.24) is 20.2 Å². The molecule has 0 amide bonds. The molecular formula is C14H15N5. The maximum Gasteiger partial charge on any atom is 0.148 e. The average molecular weight is 253 g/mol. The smallest absolute Gasteiger partial charge is 0.148 e. The number of para-hydroxylation sites is 2. The summed E-state index contributed by atoms with van der Waals surface area (Å²) in [5.41, 5.74) is 3.81. The van der Waals surface area contributed by atoms with E-state index >= 15 is 0 Å². The predicted octanol–water partition coefficient (Wildman–Crippen LogP) is 2.83. The molecule has 5 nitrogen and oxygen atoms in total. The van der Waals surface area contributed by atoms with Crippen LogP contribution in [0.4, 0.5) is 5.82 Å². The van der Waals surface area contributed by atoms with Crippen LogP contribution in [0.5, 0.6) is 0 Å². The molecule has 0 aliphatic heterocycles. The van der Waals surface area contributed by atoms with Crippen molar-refractivity contribution in [3.63, 3.8) is 0 Å². The third-order valence-corrected chi connectivity index (χ3v) is 3.12. The molecule has 3 aromatic rings. The second-order valence-electron chi connectivity index (χ2n) is 4.54. The highest BCUT2D eigenvalue weighted by Gasteiger charge is 2.10. The van der Waals surface area contributed by atoms with E-state index < -0.39 is 0 Å². The molecule has 96 valence electrons. The quantitative estimate of drug-likeness (QED) is 0.753. The Balaban J connectivity index is 1.94. The molecular weight excluding hydrogens is 238 g/mol. The molecule has 1 aromatic carbocycles. The summed E-state index contributed by atoms with van der Waals surface area (Å²) in [5, 5.41) is 10.1. The summed E-state index contributed by atoms with van der Waals surface area (Å²) < 4.78 is 0. The number of anilines is 1. The Bertz CT molecular complexity index is 690. The molecule has 0 aliphatic rings. The van der Waals surface area contributed by atoms with E-state index in [1.807, 2.05) is 43.6 Å². The largest absolute Gasteiger partial charge is 0.362 e. The number of fused-ring (bicyclic) bond motifs is 1. The van der Waals surface area contributed by atoms with Gasteiger partial charge in [-0.1, -0.05) is 12.1 Å². The van der Waals surface area contributed by atoms with E-state index in [4.69, 9.17) is 0 Å². The maximum atomic E-state index is 4.62. The van der Waals surface area contributed by atoms with Gasteiger partial charge in [0.2, 0.25) is 0 Å². The van der Waals surface area contributed by atoms with Gasteiger partial charge in [0.15, 0.2) is 0 Å². The Kier molecular flexibility index (Phi) is 2.87. The van der Waals surface area contributed by atoms with E-state index in [9.17, 15) is 0 Å². The number of nitrogens with zero attached hydrogens (tertiary/aromatic N) is 3. The number of rotatable bonds is 3. The Hall–Kier alpha value is -2.43. The number of aromatic amines is 1. The second-order valence-corrected chi connectivity index (χ2v) is 4.54. The number of benzene rings is 1. The van der Waals surface area contributed by atoms with Gasteiger partial charge in [-0.3, -0.25) is 5.10 Å². The van der Waals surface area contributed by atoms with E-state index in [2.05, 4.69) is 32.4 Å². The molecule has 2 N–H and O–H groups in total. The first kappa shape index (κ1) is 11.6. The van der Waals surface area contributed by atoms with Crippen molar-refractivity contribution in [3.05, 3.63) is 47.9 Å². The molecule has 1 atom stereocenters. The van der Waals surface area contributed by atoms with Gasteiger partial charge in [0.25, 0.3) is 0 Å². The lowest BCUT2D eigenvalue weighted by atomic mass is 10.2. The second kappa shape index (κ2) is 4.68. The molecule has 0 saturated carbocycles. The van der Waals surface area contributed by atoms with Crippen LogP contribution in [0.15, 0.2) is 36.7 Å². The monoisotopic (exact) mass is 253 g/mol. The third kappa shape index (κ3) is 2.27. The van der Waals surface area contributed by atoms with Crippen LogP contribution in [-0.4, -0.2) is 20.2 Å². The van der Waals surface area contributed by atoms with Gasteiger partial charge in [0.1, 0.15) is 5.82 Å². The molecule has 0 spiro atoms. The molecule has 0 fully saturated rings. The van der Waals surface area contributed by atoms with Crippen molar-refractivity contribution < 1.29 is 0 Å². The van der Waals surface area contributed by atoms with E-state index in [-0.39, 0.29) is 6.04 Å². The van der Waals surface area contributed by atoms with E-state index in [0.29, 0.717) is 0 Å². The van der Waals surface area contributed by atoms with Crippen LogP contribution in [0.2, 0.25) is 0 Å². The molecule has 0 saturated heterocycles. The van der Waals surface area contributed by atoms with Gasteiger partial charge in [0, 0.05) is 11.8 Å². The molecule has 0 aliphatic carbocycles. The Morgan fingerprint density at radius 2 is 1.89 bits per heavy atom. The van der Waals surface area contributed by atoms with Crippen LogP contribution in [0, 0.1) is 6.92 Å². The molecule has 0 radical (unpaired) electrons. The summed E-state index contributed by atoms with van der Waals surface area (Å²) in [6.07, 6.45) is 3.68. The Morgan fingerprint density at radius 3 is 2.58 bits per heavy atom. The normalized spacial score (nSPS) is 12.5. The van der Waals surface area contributed by atoms with Crippen molar-refractivity contribution in [2.45, 2.75) is 19.9 Å². The zero-order valence-corrected chi connectivity index (χ0v) is 10.9. The van der Waals surface area contributed by atoms with Gasteiger partial charge in [-0.25, -0.2) is 9.97 Å². The fourth-order valence-electron chi connectivity index (χ4n) is 2.01. The predicted molar refractivity (Wildman–Crippen MR) is 74.9 cm³/mol. The van der Waals surface area contributed by atoms with Crippen LogP contribution in [0.3, 0.4) is 0 Å². The highest BCUT2D eigenvalue weighted by Crippen LogP contribution is 2.21. The third-order valence-electron chi connectivity index (χ3n) is 3.12. The Morgan fingerprint density at radius 1 is 1.16 bits per heavy atom. The lowest BCUT2D eigenvalue weighted by Crippen LogP contribution is -2.09. The van der Waals surface area contributed by atoms with Gasteiger partial charge in [-0.15, -0.1) is 0 Å². The van der Waals surface area contributed by atoms with Crippen molar-refractivity contribution in [2.75, 3.05) is 5.32 Å². The van der Waals surface area contributed by atoms with E-state index in [1.165, 1.54) is 0 Å². The first-order chi connectivity index (χ1) is 9.24. The molecule has 0 bridgehead atoms. The number of aromatic nitrogens is 4. The fraction of sp³-hybridized carbons (Fsp3) is 0.214. The summed E-state index contributed by atoms with van der Waals surface area (Å²) in [4.78, 5) is 9.18. The van der Waals surface area contributed by atoms with Gasteiger partial charge >= 0.3 is 0 Å². The lowest BCUT2D eigenvalue weighted by Gasteiger charge is -2.14. The fourth-order valence-corrected chi connectivity index (χ4v) is 2.01. The highest BCUT2D eigenvalue weighted by atomic mass is 15.1. The zero-order valence-electron chi connectivity index (χ0n) is 10.9. The summed E-state index contributed by atoms with van der Waals surface area (Å²) in [6.45, 7) is 4.03. The van der Waals surface area contributed by atoms with Crippen LogP contribution in [0.1, 0.15) is 24.2 Å². The summed E-state index contributed by atoms with van der Waals surface area (Å²) >= 11 is 0. The number of hydrogen-bond donors (Lipinski definition) is 2. The molecule has 2 heterocycles. The van der Waals surface area contributed by atoms with Crippen LogP contribution >= 0.6 is 0 Å². The van der Waals surface area contributed by atoms with Gasteiger partial charge in [-0.05, 0) is 26.0 Å². The van der Waals surface area contributed by atoms with Crippen molar-refractivity contribution in [1.29, 1.82) is 0 Å². The molecule has 19 heavy (non-hydrogen) atoms. The molecule has 5 heteroatoms. The summed E-state index contributed by atoms with van der Waals surface area (Å²) in [6, 6.07) is 8.01. The minimum absolute atomic E-state index is 0.132. The average Bonchev–Trinajstić information content (AvgIpc) is 2.93. The number of aryl methyl sites for hydroxylation is 1. The summed E-state index contributed by atoms with van der Waals surface area (Å²) in [5.74, 6) is 0.812. The van der Waals surface area contributed by atoms with E-state index in [0.717, 1.165) is 28.1 Å². The van der Waals surface area contributed by atoms with Crippen LogP contribution in [-0.2, 0) is 0 Å². The molecule has 2 aromatic heterocycles. The van der Waals surface area contributed by atoms with Crippen LogP contribution in [0.25, 0.3) is 11.0 Å². The molecule has 3 rings (SSSR count). The summed E-state index contributed by atoms with van der Waals surface area (Å²) in [7, 11) is 0. The minimum atomic E-state index is 0.132. The van der Waals surface area contributed by atoms with E-state index in [1.54, 1.807) is 0 Å². The van der Waals surface area contributed by atoms with Gasteiger partial charge in [-0.2, -0.15) is 5.10 Å². The van der Waals surface area contributed by atoms with Crippen molar-refractivity contribution in [3.8, 4) is 0 Å². The van der Waals surface area contributed by atoms with Crippen molar-refractivity contribution in [2.24, 2.45) is 0 Å². The zero-order chi connectivity index (χ0) is 13.2. The standard InChI is InChI=1S/C14H15N5/c1-9(11-7-15-16-8-11)18-14-10(2)17-12-5-3-4-6-13(12)19-14/h3-9H,1-2H3,(H,15,16)(H,18,19). The van der Waals surface area contributed by atoms with Crippen LogP contribution < -0.4 is 5.32 Å². The first-order valence-electron chi connectivity index (χ1n) is 6.22. The van der Waals surface area contributed by atoms with Gasteiger partial charge in [0.05, 0.1) is 29.0 Å². The SMILES string of the molecule is Cc1nc2ccccc2nc1NC(C)c1cn[nH]c1. The number of nitrogens with one attached hydrogen (secondary N) is 2. The number of hydrogen-bond acceptors (Lipinski definition) is 4.